The van der Waals surface area contributed by atoms with Crippen molar-refractivity contribution in [2.45, 2.75) is 4.90 Å². The van der Waals surface area contributed by atoms with Gasteiger partial charge >= 0.3 is 16.2 Å². The monoisotopic (exact) mass is 392 g/mol. The molecular weight excluding hydrogens is 380 g/mol. The number of nitro groups is 1. The molecule has 12 heteroatoms. The first-order valence-corrected chi connectivity index (χ1v) is 8.73. The molecule has 0 saturated heterocycles. The number of nitrogens with one attached hydrogen (secondary N) is 2. The lowest BCUT2D eigenvalue weighted by atomic mass is 10.3. The molecule has 1 amide bonds. The van der Waals surface area contributed by atoms with Gasteiger partial charge in [-0.3, -0.25) is 15.4 Å². The Morgan fingerprint density at radius 2 is 2.04 bits per heavy atom. The molecule has 0 spiro atoms. The molecule has 0 aliphatic carbocycles. The predicted molar refractivity (Wildman–Crippen MR) is 93.0 cm³/mol. The van der Waals surface area contributed by atoms with Gasteiger partial charge in [-0.05, 0) is 18.2 Å². The van der Waals surface area contributed by atoms with Gasteiger partial charge in [0.25, 0.3) is 5.69 Å². The summed E-state index contributed by atoms with van der Waals surface area (Å²) in [6, 6.07) is 8.72. The summed E-state index contributed by atoms with van der Waals surface area (Å²) in [5.74, 6) is 0.0674. The number of fused-ring (bicyclic) bond motifs is 1. The van der Waals surface area contributed by atoms with Crippen molar-refractivity contribution in [1.82, 2.24) is 9.97 Å². The van der Waals surface area contributed by atoms with E-state index in [1.165, 1.54) is 43.5 Å². The second-order valence-corrected chi connectivity index (χ2v) is 6.72. The number of benzene rings is 2. The molecule has 0 unspecified atom stereocenters. The van der Waals surface area contributed by atoms with Crippen LogP contribution in [0.4, 0.5) is 16.4 Å². The van der Waals surface area contributed by atoms with E-state index in [2.05, 4.69) is 20.0 Å². The van der Waals surface area contributed by atoms with Gasteiger partial charge in [0.15, 0.2) is 0 Å². The summed E-state index contributed by atoms with van der Waals surface area (Å²) >= 11 is 0. The van der Waals surface area contributed by atoms with E-state index in [0.717, 1.165) is 6.07 Å². The third-order valence-corrected chi connectivity index (χ3v) is 4.63. The zero-order valence-electron chi connectivity index (χ0n) is 13.7. The van der Waals surface area contributed by atoms with Crippen molar-refractivity contribution < 1.29 is 27.1 Å². The highest BCUT2D eigenvalue weighted by molar-refractivity contribution is 7.87. The molecule has 27 heavy (non-hydrogen) atoms. The number of hydrogen-bond donors (Lipinski definition) is 2. The van der Waals surface area contributed by atoms with Gasteiger partial charge in [-0.25, -0.2) is 9.78 Å². The Hall–Kier alpha value is -3.67. The summed E-state index contributed by atoms with van der Waals surface area (Å²) in [6.45, 7) is 0. The quantitative estimate of drug-likeness (QED) is 0.381. The third kappa shape index (κ3) is 3.95. The fraction of sp³-hybridized carbons (Fsp3) is 0.0667. The lowest BCUT2D eigenvalue weighted by Gasteiger charge is -2.06. The number of nitrogens with zero attached hydrogens (tertiary/aromatic N) is 2. The van der Waals surface area contributed by atoms with Crippen molar-refractivity contribution in [3.63, 3.8) is 0 Å². The van der Waals surface area contributed by atoms with Gasteiger partial charge in [-0.15, -0.1) is 0 Å². The SMILES string of the molecule is COC(=O)Nc1nc2ccc(OS(=O)(=O)c3cccc([N+](=O)[O-])c3)cc2[nH]1. The van der Waals surface area contributed by atoms with Crippen molar-refractivity contribution >= 4 is 38.9 Å². The van der Waals surface area contributed by atoms with E-state index in [0.29, 0.717) is 11.0 Å². The largest absolute Gasteiger partial charge is 0.453 e. The number of amides is 1. The first-order chi connectivity index (χ1) is 12.8. The lowest BCUT2D eigenvalue weighted by Crippen LogP contribution is -2.11. The van der Waals surface area contributed by atoms with Gasteiger partial charge in [0.05, 0.1) is 23.1 Å². The maximum atomic E-state index is 12.4. The summed E-state index contributed by atoms with van der Waals surface area (Å²) in [7, 11) is -3.09. The minimum atomic E-state index is -4.28. The van der Waals surface area contributed by atoms with Gasteiger partial charge in [0.2, 0.25) is 5.95 Å². The maximum absolute atomic E-state index is 12.4. The number of H-pyrrole nitrogens is 1. The van der Waals surface area contributed by atoms with Crippen LogP contribution in [0.1, 0.15) is 0 Å². The summed E-state index contributed by atoms with van der Waals surface area (Å²) in [4.78, 5) is 27.8. The summed E-state index contributed by atoms with van der Waals surface area (Å²) in [5, 5.41) is 13.1. The van der Waals surface area contributed by atoms with E-state index in [9.17, 15) is 23.3 Å². The number of aromatic amines is 1. The highest BCUT2D eigenvalue weighted by atomic mass is 32.2. The first kappa shape index (κ1) is 18.1. The van der Waals surface area contributed by atoms with Crippen LogP contribution in [0.15, 0.2) is 47.4 Å². The van der Waals surface area contributed by atoms with Crippen LogP contribution in [-0.2, 0) is 14.9 Å². The topological polar surface area (TPSA) is 154 Å². The molecule has 0 aliphatic heterocycles. The molecule has 140 valence electrons. The number of carbonyl (C=O) groups is 1. The van der Waals surface area contributed by atoms with E-state index in [-0.39, 0.29) is 22.3 Å². The Bertz CT molecular complexity index is 1140. The smallest absolute Gasteiger partial charge is 0.413 e. The predicted octanol–water partition coefficient (Wildman–Crippen LogP) is 2.42. The molecule has 0 radical (unpaired) electrons. The summed E-state index contributed by atoms with van der Waals surface area (Å²) < 4.78 is 34.2. The normalized spacial score (nSPS) is 11.1. The molecular formula is C15H12N4O7S. The van der Waals surface area contributed by atoms with E-state index in [1.54, 1.807) is 0 Å². The molecule has 0 bridgehead atoms. The lowest BCUT2D eigenvalue weighted by molar-refractivity contribution is -0.385. The van der Waals surface area contributed by atoms with Crippen molar-refractivity contribution in [3.8, 4) is 5.75 Å². The molecule has 3 aromatic rings. The van der Waals surface area contributed by atoms with Crippen molar-refractivity contribution in [2.75, 3.05) is 12.4 Å². The van der Waals surface area contributed by atoms with Crippen LogP contribution in [0, 0.1) is 10.1 Å². The summed E-state index contributed by atoms with van der Waals surface area (Å²) in [5.41, 5.74) is 0.469. The minimum Gasteiger partial charge on any atom is -0.453 e. The molecule has 0 saturated carbocycles. The average Bonchev–Trinajstić information content (AvgIpc) is 3.02. The van der Waals surface area contributed by atoms with E-state index in [4.69, 9.17) is 4.18 Å². The number of non-ortho nitro benzene ring substituents is 1. The number of carbonyl (C=O) groups excluding carboxylic acids is 1. The average molecular weight is 392 g/mol. The second kappa shape index (κ2) is 6.92. The minimum absolute atomic E-state index is 0.0396. The molecule has 0 fully saturated rings. The van der Waals surface area contributed by atoms with Gasteiger partial charge in [0.1, 0.15) is 10.6 Å². The molecule has 0 atom stereocenters. The van der Waals surface area contributed by atoms with Crippen LogP contribution in [-0.4, -0.2) is 36.5 Å². The highest BCUT2D eigenvalue weighted by Crippen LogP contribution is 2.25. The number of aromatic nitrogens is 2. The van der Waals surface area contributed by atoms with Crippen LogP contribution in [0.3, 0.4) is 0 Å². The van der Waals surface area contributed by atoms with Gasteiger partial charge in [0, 0.05) is 18.2 Å². The number of imidazole rings is 1. The zero-order valence-corrected chi connectivity index (χ0v) is 14.5. The zero-order chi connectivity index (χ0) is 19.6. The van der Waals surface area contributed by atoms with E-state index in [1.807, 2.05) is 0 Å². The third-order valence-electron chi connectivity index (χ3n) is 3.38. The van der Waals surface area contributed by atoms with Crippen molar-refractivity contribution in [3.05, 3.63) is 52.6 Å². The van der Waals surface area contributed by atoms with Crippen LogP contribution in [0.5, 0.6) is 5.75 Å². The maximum Gasteiger partial charge on any atom is 0.413 e. The Morgan fingerprint density at radius 1 is 1.26 bits per heavy atom. The number of hydrogen-bond acceptors (Lipinski definition) is 8. The first-order valence-electron chi connectivity index (χ1n) is 7.32. The molecule has 0 aliphatic rings. The van der Waals surface area contributed by atoms with Crippen molar-refractivity contribution in [2.24, 2.45) is 0 Å². The summed E-state index contributed by atoms with van der Waals surface area (Å²) in [6.07, 6.45) is -0.723. The molecule has 2 aromatic carbocycles. The number of methoxy groups -OCH3 is 1. The second-order valence-electron chi connectivity index (χ2n) is 5.17. The highest BCUT2D eigenvalue weighted by Gasteiger charge is 2.20. The fourth-order valence-corrected chi connectivity index (χ4v) is 3.14. The van der Waals surface area contributed by atoms with Gasteiger partial charge in [-0.1, -0.05) is 6.07 Å². The number of ether oxygens (including phenoxy) is 1. The fourth-order valence-electron chi connectivity index (χ4n) is 2.17. The molecule has 11 nitrogen and oxygen atoms in total. The van der Waals surface area contributed by atoms with Crippen LogP contribution >= 0.6 is 0 Å². The van der Waals surface area contributed by atoms with Gasteiger partial charge < -0.3 is 13.9 Å². The molecule has 1 aromatic heterocycles. The van der Waals surface area contributed by atoms with E-state index >= 15 is 0 Å². The van der Waals surface area contributed by atoms with Gasteiger partial charge in [-0.2, -0.15) is 8.42 Å². The standard InChI is InChI=1S/C15H12N4O7S/c1-25-15(20)18-14-16-12-6-5-10(8-13(12)17-14)26-27(23,24)11-4-2-3-9(7-11)19(21)22/h2-8H,1H3,(H2,16,17,18,20). The van der Waals surface area contributed by atoms with Crippen LogP contribution < -0.4 is 9.50 Å². The number of anilines is 1. The number of nitro benzene ring substituents is 1. The number of rotatable bonds is 5. The van der Waals surface area contributed by atoms with E-state index < -0.39 is 21.1 Å². The Balaban J connectivity index is 1.88. The van der Waals surface area contributed by atoms with Crippen LogP contribution in [0.2, 0.25) is 0 Å². The molecule has 1 heterocycles. The Labute approximate surface area is 152 Å². The van der Waals surface area contributed by atoms with Crippen LogP contribution in [0.25, 0.3) is 11.0 Å². The van der Waals surface area contributed by atoms with Crippen molar-refractivity contribution in [1.29, 1.82) is 0 Å². The Morgan fingerprint density at radius 3 is 2.74 bits per heavy atom. The molecule has 3 rings (SSSR count). The Kier molecular flexibility index (Phi) is 4.64. The molecule has 2 N–H and O–H groups in total.